The Morgan fingerprint density at radius 2 is 1.70 bits per heavy atom. The molecular weight excluding hydrogens is 558 g/mol. The minimum Gasteiger partial charge on any atom is -0.493 e. The Hall–Kier alpha value is -3.65. The van der Waals surface area contributed by atoms with Crippen LogP contribution < -0.4 is 9.47 Å². The average molecular weight is 608 g/mol. The predicted octanol–water partition coefficient (Wildman–Crippen LogP) is 7.15. The van der Waals surface area contributed by atoms with Gasteiger partial charge in [-0.3, -0.25) is 9.59 Å². The summed E-state index contributed by atoms with van der Waals surface area (Å²) >= 11 is 0. The molecule has 0 saturated carbocycles. The van der Waals surface area contributed by atoms with Crippen molar-refractivity contribution in [3.05, 3.63) is 71.8 Å². The first-order valence-electron chi connectivity index (χ1n) is 15.7. The minimum atomic E-state index is -0.574. The summed E-state index contributed by atoms with van der Waals surface area (Å²) in [6, 6.07) is 14.8. The number of hydrogen-bond donors (Lipinski definition) is 0. The number of carbonyl (C=O) groups is 3. The van der Waals surface area contributed by atoms with Gasteiger partial charge in [0.25, 0.3) is 0 Å². The van der Waals surface area contributed by atoms with Crippen LogP contribution >= 0.6 is 0 Å². The first-order chi connectivity index (χ1) is 21.2. The molecule has 0 bridgehead atoms. The zero-order valence-corrected chi connectivity index (χ0v) is 27.1. The number of ether oxygens (including phenoxy) is 4. The molecule has 44 heavy (non-hydrogen) atoms. The lowest BCUT2D eigenvalue weighted by Gasteiger charge is -2.26. The fourth-order valence-electron chi connectivity index (χ4n) is 5.55. The van der Waals surface area contributed by atoms with E-state index in [-0.39, 0.29) is 42.1 Å². The van der Waals surface area contributed by atoms with Crippen LogP contribution in [0.3, 0.4) is 0 Å². The van der Waals surface area contributed by atoms with Gasteiger partial charge in [-0.25, -0.2) is 9.69 Å². The molecule has 2 amide bonds. The van der Waals surface area contributed by atoms with Gasteiger partial charge in [-0.1, -0.05) is 70.2 Å². The van der Waals surface area contributed by atoms with Crippen molar-refractivity contribution in [2.75, 3.05) is 34.0 Å². The summed E-state index contributed by atoms with van der Waals surface area (Å²) in [5, 5.41) is 0. The lowest BCUT2D eigenvalue weighted by molar-refractivity contribution is -0.134. The van der Waals surface area contributed by atoms with E-state index in [2.05, 4.69) is 13.8 Å². The van der Waals surface area contributed by atoms with Gasteiger partial charge in [-0.05, 0) is 61.3 Å². The number of cyclic esters (lactones) is 1. The summed E-state index contributed by atoms with van der Waals surface area (Å²) in [4.78, 5) is 41.3. The van der Waals surface area contributed by atoms with E-state index in [1.807, 2.05) is 56.3 Å². The van der Waals surface area contributed by atoms with E-state index in [4.69, 9.17) is 18.9 Å². The van der Waals surface area contributed by atoms with Gasteiger partial charge in [-0.15, -0.1) is 0 Å². The molecular formula is C36H49NO7. The van der Waals surface area contributed by atoms with Crippen LogP contribution in [0.1, 0.15) is 69.3 Å². The Bertz CT molecular complexity index is 1240. The van der Waals surface area contributed by atoms with Crippen molar-refractivity contribution in [2.24, 2.45) is 23.7 Å². The highest BCUT2D eigenvalue weighted by molar-refractivity contribution is 5.98. The number of imide groups is 1. The Labute approximate surface area is 262 Å². The van der Waals surface area contributed by atoms with E-state index in [0.717, 1.165) is 18.4 Å². The van der Waals surface area contributed by atoms with Crippen LogP contribution in [0.4, 0.5) is 4.79 Å². The molecule has 3 unspecified atom stereocenters. The highest BCUT2D eigenvalue weighted by atomic mass is 16.6. The third-order valence-electron chi connectivity index (χ3n) is 7.94. The summed E-state index contributed by atoms with van der Waals surface area (Å²) in [6.07, 6.45) is 6.45. The molecule has 0 spiro atoms. The van der Waals surface area contributed by atoms with Crippen molar-refractivity contribution in [3.63, 3.8) is 0 Å². The molecule has 240 valence electrons. The first-order valence-corrected chi connectivity index (χ1v) is 15.7. The Morgan fingerprint density at radius 1 is 0.977 bits per heavy atom. The van der Waals surface area contributed by atoms with E-state index in [1.165, 1.54) is 4.90 Å². The topological polar surface area (TPSA) is 91.4 Å². The van der Waals surface area contributed by atoms with Crippen molar-refractivity contribution >= 4 is 17.8 Å². The molecule has 3 atom stereocenters. The second-order valence-corrected chi connectivity index (χ2v) is 12.2. The quantitative estimate of drug-likeness (QED) is 0.101. The van der Waals surface area contributed by atoms with Gasteiger partial charge in [0.05, 0.1) is 19.8 Å². The third-order valence-corrected chi connectivity index (χ3v) is 7.94. The number of rotatable bonds is 18. The number of methoxy groups -OCH3 is 2. The van der Waals surface area contributed by atoms with Crippen LogP contribution in [-0.2, 0) is 20.7 Å². The van der Waals surface area contributed by atoms with Crippen LogP contribution in [0, 0.1) is 23.7 Å². The zero-order chi connectivity index (χ0) is 32.1. The number of nitrogens with zero attached hydrogens (tertiary/aromatic N) is 1. The first kappa shape index (κ1) is 34.8. The molecule has 0 radical (unpaired) electrons. The Kier molecular flexibility index (Phi) is 13.9. The van der Waals surface area contributed by atoms with Crippen molar-refractivity contribution in [3.8, 4) is 11.5 Å². The molecule has 0 aromatic heterocycles. The molecule has 2 aromatic carbocycles. The number of benzene rings is 2. The second kappa shape index (κ2) is 17.6. The third kappa shape index (κ3) is 9.94. The predicted molar refractivity (Wildman–Crippen MR) is 171 cm³/mol. The zero-order valence-electron chi connectivity index (χ0n) is 27.1. The fraction of sp³-hybridized carbons (Fsp3) is 0.528. The smallest absolute Gasteiger partial charge is 0.416 e. The fourth-order valence-corrected chi connectivity index (χ4v) is 5.55. The number of allylic oxidation sites excluding steroid dienone is 2. The van der Waals surface area contributed by atoms with E-state index in [9.17, 15) is 14.4 Å². The largest absolute Gasteiger partial charge is 0.493 e. The monoisotopic (exact) mass is 607 g/mol. The van der Waals surface area contributed by atoms with Gasteiger partial charge in [0, 0.05) is 37.5 Å². The molecule has 1 saturated heterocycles. The SMILES string of the molecule is COCCCOc1cc(C(=O)C(CC=CCC(C(=O)N2C(=O)OCC2Cc2ccccc2)C(C)C)CC(C)C)ccc1OC. The number of ketones is 1. The number of carbonyl (C=O) groups excluding carboxylic acids is 3. The maximum Gasteiger partial charge on any atom is 0.416 e. The van der Waals surface area contributed by atoms with E-state index in [1.54, 1.807) is 32.4 Å². The maximum atomic E-state index is 13.7. The van der Waals surface area contributed by atoms with Crippen LogP contribution in [0.2, 0.25) is 0 Å². The standard InChI is InChI=1S/C36H49NO7/c1-25(2)21-28(34(38)29-17-18-32(42-6)33(23-29)43-20-12-19-41-5)15-10-11-16-31(26(3)4)35(39)37-30(24-44-36(37)40)22-27-13-8-7-9-14-27/h7-11,13-14,17-18,23,25-26,28,30-31H,12,15-16,19-22,24H2,1-6H3. The molecule has 1 aliphatic heterocycles. The van der Waals surface area contributed by atoms with E-state index in [0.29, 0.717) is 55.5 Å². The number of hydrogen-bond acceptors (Lipinski definition) is 7. The highest BCUT2D eigenvalue weighted by Gasteiger charge is 2.41. The maximum absolute atomic E-state index is 13.7. The summed E-state index contributed by atoms with van der Waals surface area (Å²) in [5.74, 6) is 0.702. The molecule has 1 heterocycles. The highest BCUT2D eigenvalue weighted by Crippen LogP contribution is 2.31. The molecule has 8 heteroatoms. The van der Waals surface area contributed by atoms with Gasteiger partial charge in [-0.2, -0.15) is 0 Å². The summed E-state index contributed by atoms with van der Waals surface area (Å²) < 4.78 is 21.8. The van der Waals surface area contributed by atoms with Crippen LogP contribution in [0.15, 0.2) is 60.7 Å². The van der Waals surface area contributed by atoms with Crippen LogP contribution in [-0.4, -0.2) is 62.8 Å². The van der Waals surface area contributed by atoms with Crippen molar-refractivity contribution < 1.29 is 33.3 Å². The van der Waals surface area contributed by atoms with Gasteiger partial charge in [0.15, 0.2) is 17.3 Å². The van der Waals surface area contributed by atoms with Gasteiger partial charge in [0.1, 0.15) is 6.61 Å². The van der Waals surface area contributed by atoms with Gasteiger partial charge >= 0.3 is 6.09 Å². The lowest BCUT2D eigenvalue weighted by Crippen LogP contribution is -2.44. The summed E-state index contributed by atoms with van der Waals surface area (Å²) in [7, 11) is 3.23. The molecule has 3 rings (SSSR count). The van der Waals surface area contributed by atoms with Gasteiger partial charge < -0.3 is 18.9 Å². The van der Waals surface area contributed by atoms with Crippen LogP contribution in [0.5, 0.6) is 11.5 Å². The molecule has 8 nitrogen and oxygen atoms in total. The Morgan fingerprint density at radius 3 is 2.36 bits per heavy atom. The molecule has 1 aliphatic rings. The number of Topliss-reactive ketones (excluding diaryl/α,β-unsaturated/α-hetero) is 1. The second-order valence-electron chi connectivity index (χ2n) is 12.2. The summed E-state index contributed by atoms with van der Waals surface area (Å²) in [5.41, 5.74) is 1.64. The van der Waals surface area contributed by atoms with Crippen molar-refractivity contribution in [1.29, 1.82) is 0 Å². The lowest BCUT2D eigenvalue weighted by atomic mass is 9.86. The van der Waals surface area contributed by atoms with E-state index < -0.39 is 6.09 Å². The van der Waals surface area contributed by atoms with Crippen molar-refractivity contribution in [2.45, 2.75) is 65.8 Å². The minimum absolute atomic E-state index is 0.0210. The normalized spacial score (nSPS) is 16.4. The molecule has 2 aromatic rings. The summed E-state index contributed by atoms with van der Waals surface area (Å²) in [6.45, 7) is 9.45. The van der Waals surface area contributed by atoms with Gasteiger partial charge in [0.2, 0.25) is 5.91 Å². The Balaban J connectivity index is 1.69. The molecule has 1 fully saturated rings. The molecule has 0 N–H and O–H groups in total. The van der Waals surface area contributed by atoms with E-state index >= 15 is 0 Å². The van der Waals surface area contributed by atoms with Crippen LogP contribution in [0.25, 0.3) is 0 Å². The molecule has 0 aliphatic carbocycles. The number of amides is 2. The average Bonchev–Trinajstić information content (AvgIpc) is 3.37. The van der Waals surface area contributed by atoms with Crippen molar-refractivity contribution in [1.82, 2.24) is 4.90 Å².